The first-order chi connectivity index (χ1) is 5.46. The molecule has 1 aliphatic heterocycles. The number of carbonyl (C=O) groups is 1. The predicted octanol–water partition coefficient (Wildman–Crippen LogP) is 1.82. The molecule has 1 amide bonds. The van der Waals surface area contributed by atoms with Gasteiger partial charge in [0.1, 0.15) is 0 Å². The second-order valence-corrected chi connectivity index (χ2v) is 4.29. The number of likely N-dealkylation sites (tertiary alicyclic amines) is 1. The van der Waals surface area contributed by atoms with Crippen LogP contribution in [0.3, 0.4) is 0 Å². The van der Waals surface area contributed by atoms with E-state index in [2.05, 4.69) is 27.4 Å². The number of hydrogen-bond acceptors (Lipinski definition) is 1. The van der Waals surface area contributed by atoms with Crippen molar-refractivity contribution in [2.75, 3.05) is 6.54 Å². The molecule has 1 saturated heterocycles. The van der Waals surface area contributed by atoms with Crippen LogP contribution in [0, 0.1) is 5.92 Å². The summed E-state index contributed by atoms with van der Waals surface area (Å²) < 4.78 is 0. The van der Waals surface area contributed by atoms with Gasteiger partial charge in [0.05, 0.1) is 5.92 Å². The molecule has 0 aliphatic carbocycles. The summed E-state index contributed by atoms with van der Waals surface area (Å²) in [6, 6.07) is 0. The van der Waals surface area contributed by atoms with E-state index in [4.69, 9.17) is 0 Å². The van der Waals surface area contributed by atoms with Gasteiger partial charge in [-0.1, -0.05) is 6.08 Å². The maximum absolute atomic E-state index is 11.6. The Hall–Kier alpha value is -0.790. The largest absolute Gasteiger partial charge is 0.337 e. The SMILES string of the molecule is C=CC1CCN(C(C)(C)C)C1=O. The molecule has 0 radical (unpaired) electrons. The molecule has 1 heterocycles. The second-order valence-electron chi connectivity index (χ2n) is 4.29. The van der Waals surface area contributed by atoms with Gasteiger partial charge in [0.25, 0.3) is 0 Å². The van der Waals surface area contributed by atoms with Crippen LogP contribution in [0.2, 0.25) is 0 Å². The molecule has 2 nitrogen and oxygen atoms in total. The Morgan fingerprint density at radius 3 is 2.42 bits per heavy atom. The van der Waals surface area contributed by atoms with E-state index in [0.29, 0.717) is 0 Å². The van der Waals surface area contributed by atoms with Gasteiger partial charge in [0.2, 0.25) is 5.91 Å². The van der Waals surface area contributed by atoms with Crippen LogP contribution >= 0.6 is 0 Å². The monoisotopic (exact) mass is 167 g/mol. The zero-order chi connectivity index (χ0) is 9.35. The summed E-state index contributed by atoms with van der Waals surface area (Å²) in [7, 11) is 0. The van der Waals surface area contributed by atoms with E-state index in [1.807, 2.05) is 4.90 Å². The molecule has 1 fully saturated rings. The van der Waals surface area contributed by atoms with Crippen molar-refractivity contribution in [2.45, 2.75) is 32.7 Å². The number of carbonyl (C=O) groups excluding carboxylic acids is 1. The van der Waals surface area contributed by atoms with Gasteiger partial charge in [-0.25, -0.2) is 0 Å². The lowest BCUT2D eigenvalue weighted by Crippen LogP contribution is -2.42. The maximum atomic E-state index is 11.6. The fourth-order valence-corrected chi connectivity index (χ4v) is 1.59. The third-order valence-electron chi connectivity index (χ3n) is 2.34. The normalized spacial score (nSPS) is 24.8. The number of rotatable bonds is 1. The third kappa shape index (κ3) is 1.52. The van der Waals surface area contributed by atoms with Crippen molar-refractivity contribution < 1.29 is 4.79 Å². The highest BCUT2D eigenvalue weighted by Gasteiger charge is 2.35. The standard InChI is InChI=1S/C10H17NO/c1-5-8-6-7-11(9(8)12)10(2,3)4/h5,8H,1,6-7H2,2-4H3. The molecule has 0 aromatic heterocycles. The average Bonchev–Trinajstić information content (AvgIpc) is 2.29. The lowest BCUT2D eigenvalue weighted by atomic mass is 10.1. The molecule has 2 heteroatoms. The van der Waals surface area contributed by atoms with Gasteiger partial charge < -0.3 is 4.90 Å². The van der Waals surface area contributed by atoms with E-state index in [-0.39, 0.29) is 17.4 Å². The molecule has 0 bridgehead atoms. The van der Waals surface area contributed by atoms with Gasteiger partial charge in [-0.05, 0) is 27.2 Å². The van der Waals surface area contributed by atoms with Crippen molar-refractivity contribution in [3.8, 4) is 0 Å². The average molecular weight is 167 g/mol. The van der Waals surface area contributed by atoms with Crippen molar-refractivity contribution in [3.05, 3.63) is 12.7 Å². The Kier molecular flexibility index (Phi) is 2.27. The van der Waals surface area contributed by atoms with Gasteiger partial charge >= 0.3 is 0 Å². The van der Waals surface area contributed by atoms with Crippen LogP contribution in [-0.2, 0) is 4.79 Å². The molecule has 68 valence electrons. The van der Waals surface area contributed by atoms with Crippen molar-refractivity contribution in [1.29, 1.82) is 0 Å². The van der Waals surface area contributed by atoms with Crippen molar-refractivity contribution in [3.63, 3.8) is 0 Å². The minimum absolute atomic E-state index is 0.0329. The zero-order valence-corrected chi connectivity index (χ0v) is 8.13. The Morgan fingerprint density at radius 2 is 2.17 bits per heavy atom. The van der Waals surface area contributed by atoms with Crippen LogP contribution in [-0.4, -0.2) is 22.9 Å². The lowest BCUT2D eigenvalue weighted by Gasteiger charge is -2.31. The molecule has 0 aromatic carbocycles. The molecular weight excluding hydrogens is 150 g/mol. The van der Waals surface area contributed by atoms with Gasteiger partial charge in [-0.2, -0.15) is 0 Å². The zero-order valence-electron chi connectivity index (χ0n) is 8.13. The van der Waals surface area contributed by atoms with E-state index >= 15 is 0 Å². The number of amides is 1. The first-order valence-corrected chi connectivity index (χ1v) is 4.41. The fraction of sp³-hybridized carbons (Fsp3) is 0.700. The highest BCUT2D eigenvalue weighted by atomic mass is 16.2. The van der Waals surface area contributed by atoms with Crippen LogP contribution in [0.15, 0.2) is 12.7 Å². The molecule has 0 saturated carbocycles. The third-order valence-corrected chi connectivity index (χ3v) is 2.34. The summed E-state index contributed by atoms with van der Waals surface area (Å²) in [6.07, 6.45) is 2.69. The van der Waals surface area contributed by atoms with E-state index < -0.39 is 0 Å². The van der Waals surface area contributed by atoms with E-state index in [0.717, 1.165) is 13.0 Å². The van der Waals surface area contributed by atoms with Crippen LogP contribution in [0.1, 0.15) is 27.2 Å². The molecule has 1 aliphatic rings. The first kappa shape index (κ1) is 9.30. The first-order valence-electron chi connectivity index (χ1n) is 4.41. The Balaban J connectivity index is 2.74. The molecule has 1 unspecified atom stereocenters. The quantitative estimate of drug-likeness (QED) is 0.545. The summed E-state index contributed by atoms with van der Waals surface area (Å²) >= 11 is 0. The van der Waals surface area contributed by atoms with Crippen LogP contribution < -0.4 is 0 Å². The molecule has 1 rings (SSSR count). The van der Waals surface area contributed by atoms with E-state index in [9.17, 15) is 4.79 Å². The molecule has 12 heavy (non-hydrogen) atoms. The molecule has 0 spiro atoms. The van der Waals surface area contributed by atoms with Crippen LogP contribution in [0.4, 0.5) is 0 Å². The Labute approximate surface area is 74.2 Å². The summed E-state index contributed by atoms with van der Waals surface area (Å²) in [5, 5.41) is 0. The summed E-state index contributed by atoms with van der Waals surface area (Å²) in [5.74, 6) is 0.293. The van der Waals surface area contributed by atoms with Gasteiger partial charge in [-0.3, -0.25) is 4.79 Å². The molecule has 0 N–H and O–H groups in total. The van der Waals surface area contributed by atoms with Crippen molar-refractivity contribution in [1.82, 2.24) is 4.90 Å². The molecule has 1 atom stereocenters. The summed E-state index contributed by atoms with van der Waals surface area (Å²) in [5.41, 5.74) is -0.0329. The predicted molar refractivity (Wildman–Crippen MR) is 49.8 cm³/mol. The molecular formula is C10H17NO. The minimum Gasteiger partial charge on any atom is -0.337 e. The minimum atomic E-state index is -0.0329. The number of nitrogens with zero attached hydrogens (tertiary/aromatic N) is 1. The molecule has 0 aromatic rings. The van der Waals surface area contributed by atoms with Crippen LogP contribution in [0.25, 0.3) is 0 Å². The fourth-order valence-electron chi connectivity index (χ4n) is 1.59. The van der Waals surface area contributed by atoms with Crippen molar-refractivity contribution in [2.24, 2.45) is 5.92 Å². The Morgan fingerprint density at radius 1 is 1.58 bits per heavy atom. The lowest BCUT2D eigenvalue weighted by molar-refractivity contribution is -0.133. The second kappa shape index (κ2) is 2.92. The smallest absolute Gasteiger partial charge is 0.229 e. The topological polar surface area (TPSA) is 20.3 Å². The van der Waals surface area contributed by atoms with Crippen LogP contribution in [0.5, 0.6) is 0 Å². The highest BCUT2D eigenvalue weighted by Crippen LogP contribution is 2.25. The van der Waals surface area contributed by atoms with E-state index in [1.165, 1.54) is 0 Å². The summed E-state index contributed by atoms with van der Waals surface area (Å²) in [4.78, 5) is 13.6. The van der Waals surface area contributed by atoms with Gasteiger partial charge in [-0.15, -0.1) is 6.58 Å². The highest BCUT2D eigenvalue weighted by molar-refractivity contribution is 5.83. The number of hydrogen-bond donors (Lipinski definition) is 0. The van der Waals surface area contributed by atoms with Crippen molar-refractivity contribution >= 4 is 5.91 Å². The van der Waals surface area contributed by atoms with E-state index in [1.54, 1.807) is 6.08 Å². The van der Waals surface area contributed by atoms with Gasteiger partial charge in [0.15, 0.2) is 0 Å². The maximum Gasteiger partial charge on any atom is 0.229 e. The van der Waals surface area contributed by atoms with Gasteiger partial charge in [0, 0.05) is 12.1 Å². The Bertz CT molecular complexity index is 202. The summed E-state index contributed by atoms with van der Waals surface area (Å²) in [6.45, 7) is 10.7.